The van der Waals surface area contributed by atoms with Gasteiger partial charge in [0, 0.05) is 31.2 Å². The molecule has 202 valence electrons. The van der Waals surface area contributed by atoms with Gasteiger partial charge in [-0.25, -0.2) is 8.42 Å². The fourth-order valence-electron chi connectivity index (χ4n) is 4.39. The maximum absolute atomic E-state index is 13.7. The Balaban J connectivity index is 1.42. The molecule has 0 N–H and O–H groups in total. The van der Waals surface area contributed by atoms with Crippen LogP contribution < -0.4 is 24.7 Å². The van der Waals surface area contributed by atoms with Crippen LogP contribution in [0.15, 0.2) is 59.5 Å². The summed E-state index contributed by atoms with van der Waals surface area (Å²) in [5.74, 6) is 1.37. The third kappa shape index (κ3) is 5.31. The van der Waals surface area contributed by atoms with Gasteiger partial charge in [0.25, 0.3) is 0 Å². The van der Waals surface area contributed by atoms with Crippen molar-refractivity contribution in [2.45, 2.75) is 25.2 Å². The molecule has 1 aromatic heterocycles. The molecule has 0 amide bonds. The Morgan fingerprint density at radius 3 is 2.53 bits per heavy atom. The molecule has 0 radical (unpaired) electrons. The standard InChI is InChI=1S/C26H29ClN4O6S/c1-18(2)38(33,34)30-12-10-29(11-13-30)22-15-28-31(20-7-5-6-19(27)14-20)26(32)25(22)36-17-21-16-35-23-8-3-4-9-24(23)37-21/h3-9,14-15,18,21H,10-13,16-17H2,1-2H3. The summed E-state index contributed by atoms with van der Waals surface area (Å²) in [5.41, 5.74) is 0.532. The molecule has 2 aliphatic rings. The second-order valence-corrected chi connectivity index (χ2v) is 12.3. The van der Waals surface area contributed by atoms with E-state index < -0.39 is 26.9 Å². The van der Waals surface area contributed by atoms with Crippen LogP contribution in [0.25, 0.3) is 5.69 Å². The van der Waals surface area contributed by atoms with Crippen LogP contribution in [-0.4, -0.2) is 73.3 Å². The number of ether oxygens (including phenoxy) is 3. The van der Waals surface area contributed by atoms with Crippen LogP contribution in [0.5, 0.6) is 17.2 Å². The average Bonchev–Trinajstić information content (AvgIpc) is 2.92. The van der Waals surface area contributed by atoms with Crippen molar-refractivity contribution in [3.05, 3.63) is 70.1 Å². The third-order valence-corrected chi connectivity index (χ3v) is 8.99. The van der Waals surface area contributed by atoms with E-state index in [1.54, 1.807) is 44.3 Å². The third-order valence-electron chi connectivity index (χ3n) is 6.48. The lowest BCUT2D eigenvalue weighted by Gasteiger charge is -2.36. The first-order valence-electron chi connectivity index (χ1n) is 12.4. The number of aromatic nitrogens is 2. The highest BCUT2D eigenvalue weighted by Gasteiger charge is 2.31. The first-order valence-corrected chi connectivity index (χ1v) is 14.3. The normalized spacial score (nSPS) is 18.0. The van der Waals surface area contributed by atoms with Crippen molar-refractivity contribution < 1.29 is 22.6 Å². The lowest BCUT2D eigenvalue weighted by Crippen LogP contribution is -2.50. The van der Waals surface area contributed by atoms with Crippen molar-refractivity contribution in [3.8, 4) is 22.9 Å². The molecule has 5 rings (SSSR count). The number of rotatable bonds is 7. The maximum atomic E-state index is 13.7. The monoisotopic (exact) mass is 560 g/mol. The van der Waals surface area contributed by atoms with Crippen molar-refractivity contribution >= 4 is 27.3 Å². The molecule has 38 heavy (non-hydrogen) atoms. The van der Waals surface area contributed by atoms with Crippen molar-refractivity contribution in [1.82, 2.24) is 14.1 Å². The summed E-state index contributed by atoms with van der Waals surface area (Å²) < 4.78 is 45.9. The highest BCUT2D eigenvalue weighted by Crippen LogP contribution is 2.32. The zero-order chi connectivity index (χ0) is 26.9. The van der Waals surface area contributed by atoms with Gasteiger partial charge in [-0.15, -0.1) is 0 Å². The van der Waals surface area contributed by atoms with E-state index in [0.29, 0.717) is 54.1 Å². The molecule has 3 heterocycles. The topological polar surface area (TPSA) is 103 Å². The minimum Gasteiger partial charge on any atom is -0.486 e. The van der Waals surface area contributed by atoms with Crippen molar-refractivity contribution in [2.24, 2.45) is 0 Å². The van der Waals surface area contributed by atoms with E-state index in [-0.39, 0.29) is 19.0 Å². The van der Waals surface area contributed by atoms with E-state index in [1.807, 2.05) is 29.2 Å². The van der Waals surface area contributed by atoms with Gasteiger partial charge < -0.3 is 19.1 Å². The fourth-order valence-corrected chi connectivity index (χ4v) is 5.84. The minimum absolute atomic E-state index is 0.0673. The Labute approximate surface area is 226 Å². The Hall–Kier alpha value is -3.28. The molecule has 0 bridgehead atoms. The van der Waals surface area contributed by atoms with Crippen LogP contribution in [-0.2, 0) is 10.0 Å². The molecule has 3 aromatic rings. The molecule has 0 aliphatic carbocycles. The molecule has 1 saturated heterocycles. The molecular formula is C26H29ClN4O6S. The van der Waals surface area contributed by atoms with Gasteiger partial charge in [-0.05, 0) is 44.2 Å². The number of sulfonamides is 1. The van der Waals surface area contributed by atoms with Crippen LogP contribution in [0.4, 0.5) is 5.69 Å². The van der Waals surface area contributed by atoms with Crippen LogP contribution in [0.3, 0.4) is 0 Å². The molecule has 10 nitrogen and oxygen atoms in total. The number of anilines is 1. The second-order valence-electron chi connectivity index (χ2n) is 9.34. The average molecular weight is 561 g/mol. The van der Waals surface area contributed by atoms with Crippen LogP contribution in [0, 0.1) is 0 Å². The Morgan fingerprint density at radius 2 is 1.82 bits per heavy atom. The van der Waals surface area contributed by atoms with Crippen molar-refractivity contribution in [1.29, 1.82) is 0 Å². The van der Waals surface area contributed by atoms with Crippen LogP contribution >= 0.6 is 11.6 Å². The van der Waals surface area contributed by atoms with E-state index in [9.17, 15) is 13.2 Å². The van der Waals surface area contributed by atoms with Gasteiger partial charge in [-0.1, -0.05) is 29.8 Å². The van der Waals surface area contributed by atoms with Crippen molar-refractivity contribution in [3.63, 3.8) is 0 Å². The first-order chi connectivity index (χ1) is 18.2. The number of fused-ring (bicyclic) bond motifs is 1. The van der Waals surface area contributed by atoms with Crippen molar-refractivity contribution in [2.75, 3.05) is 44.3 Å². The molecular weight excluding hydrogens is 532 g/mol. The number of para-hydroxylation sites is 2. The number of benzene rings is 2. The van der Waals surface area contributed by atoms with E-state index in [2.05, 4.69) is 5.10 Å². The smallest absolute Gasteiger partial charge is 0.316 e. The molecule has 0 spiro atoms. The Bertz CT molecular complexity index is 1470. The largest absolute Gasteiger partial charge is 0.486 e. The predicted octanol–water partition coefficient (Wildman–Crippen LogP) is 2.96. The highest BCUT2D eigenvalue weighted by molar-refractivity contribution is 7.89. The molecule has 1 unspecified atom stereocenters. The summed E-state index contributed by atoms with van der Waals surface area (Å²) >= 11 is 6.15. The van der Waals surface area contributed by atoms with E-state index >= 15 is 0 Å². The van der Waals surface area contributed by atoms with Gasteiger partial charge in [0.1, 0.15) is 18.9 Å². The number of halogens is 1. The lowest BCUT2D eigenvalue weighted by atomic mass is 10.2. The van der Waals surface area contributed by atoms with Gasteiger partial charge >= 0.3 is 5.56 Å². The van der Waals surface area contributed by atoms with E-state index in [1.165, 1.54) is 8.99 Å². The van der Waals surface area contributed by atoms with Crippen LogP contribution in [0.1, 0.15) is 13.8 Å². The molecule has 1 fully saturated rings. The summed E-state index contributed by atoms with van der Waals surface area (Å²) in [6.07, 6.45) is 1.13. The summed E-state index contributed by atoms with van der Waals surface area (Å²) in [7, 11) is -3.37. The molecule has 1 atom stereocenters. The Morgan fingerprint density at radius 1 is 1.08 bits per heavy atom. The summed E-state index contributed by atoms with van der Waals surface area (Å²) in [6.45, 7) is 5.05. The lowest BCUT2D eigenvalue weighted by molar-refractivity contribution is 0.0530. The highest BCUT2D eigenvalue weighted by atomic mass is 35.5. The molecule has 12 heteroatoms. The SMILES string of the molecule is CC(C)S(=O)(=O)N1CCN(c2cnn(-c3cccc(Cl)c3)c(=O)c2OCC2COc3ccccc3O2)CC1. The zero-order valence-corrected chi connectivity index (χ0v) is 22.7. The zero-order valence-electron chi connectivity index (χ0n) is 21.1. The number of hydrogen-bond donors (Lipinski definition) is 0. The second kappa shape index (κ2) is 10.8. The van der Waals surface area contributed by atoms with Gasteiger partial charge in [-0.2, -0.15) is 14.1 Å². The number of hydrogen-bond acceptors (Lipinski definition) is 8. The minimum atomic E-state index is -3.37. The molecule has 0 saturated carbocycles. The van der Waals surface area contributed by atoms with Crippen LogP contribution in [0.2, 0.25) is 5.02 Å². The number of piperazine rings is 1. The van der Waals surface area contributed by atoms with Gasteiger partial charge in [0.15, 0.2) is 17.6 Å². The summed E-state index contributed by atoms with van der Waals surface area (Å²) in [5, 5.41) is 4.35. The predicted molar refractivity (Wildman–Crippen MR) is 145 cm³/mol. The van der Waals surface area contributed by atoms with E-state index in [0.717, 1.165) is 0 Å². The molecule has 2 aromatic carbocycles. The Kier molecular flexibility index (Phi) is 7.51. The summed E-state index contributed by atoms with van der Waals surface area (Å²) in [4.78, 5) is 15.6. The first kappa shape index (κ1) is 26.3. The quantitative estimate of drug-likeness (QED) is 0.434. The van der Waals surface area contributed by atoms with Gasteiger partial charge in [0.05, 0.1) is 17.1 Å². The fraction of sp³-hybridized carbons (Fsp3) is 0.385. The van der Waals surface area contributed by atoms with Gasteiger partial charge in [-0.3, -0.25) is 4.79 Å². The van der Waals surface area contributed by atoms with Gasteiger partial charge in [0.2, 0.25) is 15.8 Å². The maximum Gasteiger partial charge on any atom is 0.316 e. The molecule has 2 aliphatic heterocycles. The number of nitrogens with zero attached hydrogens (tertiary/aromatic N) is 4. The summed E-state index contributed by atoms with van der Waals surface area (Å²) in [6, 6.07) is 14.2. The van der Waals surface area contributed by atoms with E-state index in [4.69, 9.17) is 25.8 Å².